The van der Waals surface area contributed by atoms with Crippen LogP contribution in [0.4, 0.5) is 0 Å². The molecule has 1 aliphatic rings. The van der Waals surface area contributed by atoms with E-state index in [1.165, 1.54) is 0 Å². The lowest BCUT2D eigenvalue weighted by Gasteiger charge is -2.18. The Bertz CT molecular complexity index is 166. The lowest BCUT2D eigenvalue weighted by Crippen LogP contribution is -2.28. The lowest BCUT2D eigenvalue weighted by atomic mass is 10.7. The molecule has 0 aromatic heterocycles. The van der Waals surface area contributed by atoms with E-state index in [0.29, 0.717) is 0 Å². The molecule has 1 aliphatic heterocycles. The first-order valence-electron chi connectivity index (χ1n) is 2.85. The fraction of sp³-hybridized carbons (Fsp3) is 0.800. The molecule has 9 heavy (non-hydrogen) atoms. The van der Waals surface area contributed by atoms with Gasteiger partial charge in [0.25, 0.3) is 0 Å². The highest BCUT2D eigenvalue weighted by Gasteiger charge is 2.11. The predicted molar refractivity (Wildman–Crippen MR) is 38.7 cm³/mol. The van der Waals surface area contributed by atoms with E-state index >= 15 is 0 Å². The summed E-state index contributed by atoms with van der Waals surface area (Å²) in [6, 6.07) is 0. The molecule has 0 aromatic rings. The van der Waals surface area contributed by atoms with E-state index in [1.807, 2.05) is 12.1 Å². The third kappa shape index (κ3) is 1.51. The van der Waals surface area contributed by atoms with Gasteiger partial charge in [0.15, 0.2) is 0 Å². The van der Waals surface area contributed by atoms with Crippen LogP contribution < -0.4 is 0 Å². The molecule has 3 nitrogen and oxygen atoms in total. The Morgan fingerprint density at radius 2 is 2.44 bits per heavy atom. The molecular formula is C5H10N2OS. The Morgan fingerprint density at radius 1 is 1.78 bits per heavy atom. The highest BCUT2D eigenvalue weighted by molar-refractivity contribution is 8.00. The standard InChI is InChI=1S/C5H10N2OS/c1-5-6-7(2)3-4-9(5)8/h3-4H2,1-2H3. The van der Waals surface area contributed by atoms with Crippen molar-refractivity contribution in [1.82, 2.24) is 5.01 Å². The van der Waals surface area contributed by atoms with Crippen LogP contribution in [-0.2, 0) is 10.8 Å². The lowest BCUT2D eigenvalue weighted by molar-refractivity contribution is 0.374. The maximum absolute atomic E-state index is 10.9. The zero-order chi connectivity index (χ0) is 6.85. The highest BCUT2D eigenvalue weighted by atomic mass is 32.2. The van der Waals surface area contributed by atoms with Crippen LogP contribution in [0, 0.1) is 0 Å². The van der Waals surface area contributed by atoms with Crippen molar-refractivity contribution in [2.24, 2.45) is 5.10 Å². The summed E-state index contributed by atoms with van der Waals surface area (Å²) in [5, 5.41) is 6.57. The minimum Gasteiger partial charge on any atom is -0.298 e. The third-order valence-electron chi connectivity index (χ3n) is 1.24. The predicted octanol–water partition coefficient (Wildman–Crippen LogP) is 0.0139. The van der Waals surface area contributed by atoms with Gasteiger partial charge in [0.05, 0.1) is 10.8 Å². The van der Waals surface area contributed by atoms with Gasteiger partial charge in [-0.15, -0.1) is 0 Å². The van der Waals surface area contributed by atoms with Gasteiger partial charge in [0, 0.05) is 19.3 Å². The van der Waals surface area contributed by atoms with Crippen molar-refractivity contribution in [2.75, 3.05) is 19.3 Å². The van der Waals surface area contributed by atoms with Gasteiger partial charge >= 0.3 is 0 Å². The van der Waals surface area contributed by atoms with Crippen molar-refractivity contribution in [3.63, 3.8) is 0 Å². The molecule has 0 fully saturated rings. The topological polar surface area (TPSA) is 32.7 Å². The molecule has 0 amide bonds. The zero-order valence-corrected chi connectivity index (χ0v) is 6.44. The van der Waals surface area contributed by atoms with Crippen LogP contribution in [0.2, 0.25) is 0 Å². The summed E-state index contributed by atoms with van der Waals surface area (Å²) >= 11 is 0. The maximum atomic E-state index is 10.9. The monoisotopic (exact) mass is 146 g/mol. The van der Waals surface area contributed by atoms with Gasteiger partial charge in [-0.3, -0.25) is 9.22 Å². The van der Waals surface area contributed by atoms with Crippen molar-refractivity contribution in [3.8, 4) is 0 Å². The second kappa shape index (κ2) is 2.47. The minimum absolute atomic E-state index is 0.728. The molecule has 0 aliphatic carbocycles. The first-order valence-corrected chi connectivity index (χ1v) is 4.17. The molecule has 0 spiro atoms. The Morgan fingerprint density at radius 3 is 2.89 bits per heavy atom. The Labute approximate surface area is 57.2 Å². The van der Waals surface area contributed by atoms with Gasteiger partial charge in [-0.2, -0.15) is 5.10 Å². The smallest absolute Gasteiger partial charge is 0.121 e. The molecule has 52 valence electrons. The van der Waals surface area contributed by atoms with Crippen molar-refractivity contribution in [2.45, 2.75) is 6.92 Å². The van der Waals surface area contributed by atoms with Crippen molar-refractivity contribution in [1.29, 1.82) is 0 Å². The molecular weight excluding hydrogens is 136 g/mol. The summed E-state index contributed by atoms with van der Waals surface area (Å²) in [7, 11) is 1.09. The Kier molecular flexibility index (Phi) is 1.85. The van der Waals surface area contributed by atoms with E-state index < -0.39 is 10.8 Å². The molecule has 1 unspecified atom stereocenters. The van der Waals surface area contributed by atoms with Crippen LogP contribution in [0.3, 0.4) is 0 Å². The summed E-state index contributed by atoms with van der Waals surface area (Å²) in [4.78, 5) is 0. The van der Waals surface area contributed by atoms with Crippen LogP contribution in [0.15, 0.2) is 5.10 Å². The molecule has 0 saturated heterocycles. The second-order valence-corrected chi connectivity index (χ2v) is 3.74. The quantitative estimate of drug-likeness (QED) is 0.482. The fourth-order valence-electron chi connectivity index (χ4n) is 0.699. The van der Waals surface area contributed by atoms with Gasteiger partial charge in [-0.05, 0) is 6.92 Å². The maximum Gasteiger partial charge on any atom is 0.121 e. The van der Waals surface area contributed by atoms with E-state index in [2.05, 4.69) is 5.10 Å². The first kappa shape index (κ1) is 6.74. The molecule has 0 N–H and O–H groups in total. The summed E-state index contributed by atoms with van der Waals surface area (Å²) in [5.74, 6) is 0.728. The summed E-state index contributed by atoms with van der Waals surface area (Å²) in [5.41, 5.74) is 0. The van der Waals surface area contributed by atoms with Gasteiger partial charge in [0.1, 0.15) is 5.04 Å². The second-order valence-electron chi connectivity index (χ2n) is 2.05. The zero-order valence-electron chi connectivity index (χ0n) is 5.63. The largest absolute Gasteiger partial charge is 0.298 e. The molecule has 0 aromatic carbocycles. The van der Waals surface area contributed by atoms with Crippen LogP contribution in [-0.4, -0.2) is 33.6 Å². The van der Waals surface area contributed by atoms with Gasteiger partial charge in [-0.1, -0.05) is 0 Å². The molecule has 0 radical (unpaired) electrons. The average molecular weight is 146 g/mol. The van der Waals surface area contributed by atoms with Crippen LogP contribution in [0.5, 0.6) is 0 Å². The molecule has 1 heterocycles. The number of hydrogen-bond acceptors (Lipinski definition) is 3. The fourth-order valence-corrected chi connectivity index (χ4v) is 1.65. The molecule has 0 bridgehead atoms. The number of hydrazone groups is 1. The third-order valence-corrected chi connectivity index (χ3v) is 2.54. The van der Waals surface area contributed by atoms with Crippen molar-refractivity contribution in [3.05, 3.63) is 0 Å². The normalized spacial score (nSPS) is 28.0. The van der Waals surface area contributed by atoms with Crippen LogP contribution in [0.25, 0.3) is 0 Å². The number of nitrogens with zero attached hydrogens (tertiary/aromatic N) is 2. The minimum atomic E-state index is -0.797. The molecule has 1 atom stereocenters. The summed E-state index contributed by atoms with van der Waals surface area (Å²) < 4.78 is 10.9. The number of rotatable bonds is 0. The Balaban J connectivity index is 2.72. The van der Waals surface area contributed by atoms with E-state index in [9.17, 15) is 4.21 Å². The van der Waals surface area contributed by atoms with E-state index in [1.54, 1.807) is 6.92 Å². The van der Waals surface area contributed by atoms with Gasteiger partial charge in [0.2, 0.25) is 0 Å². The van der Waals surface area contributed by atoms with Crippen LogP contribution >= 0.6 is 0 Å². The highest BCUT2D eigenvalue weighted by Crippen LogP contribution is 1.98. The summed E-state index contributed by atoms with van der Waals surface area (Å²) in [6.07, 6.45) is 0. The molecule has 4 heteroatoms. The van der Waals surface area contributed by atoms with Gasteiger partial charge in [-0.25, -0.2) is 0 Å². The van der Waals surface area contributed by atoms with E-state index in [0.717, 1.165) is 17.3 Å². The Hall–Kier alpha value is -0.380. The SMILES string of the molecule is CC1=NN(C)CCS1=O. The molecule has 1 rings (SSSR count). The molecule has 0 saturated carbocycles. The summed E-state index contributed by atoms with van der Waals surface area (Å²) in [6.45, 7) is 2.61. The van der Waals surface area contributed by atoms with Crippen LogP contribution in [0.1, 0.15) is 6.92 Å². The average Bonchev–Trinajstić information content (AvgIpc) is 1.80. The van der Waals surface area contributed by atoms with Crippen molar-refractivity contribution >= 4 is 15.8 Å². The first-order chi connectivity index (χ1) is 4.20. The van der Waals surface area contributed by atoms with E-state index in [4.69, 9.17) is 0 Å². The van der Waals surface area contributed by atoms with Gasteiger partial charge < -0.3 is 0 Å². The van der Waals surface area contributed by atoms with E-state index in [-0.39, 0.29) is 0 Å². The van der Waals surface area contributed by atoms with Crippen molar-refractivity contribution < 1.29 is 4.21 Å². The number of hydrogen-bond donors (Lipinski definition) is 0.